The van der Waals surface area contributed by atoms with E-state index in [4.69, 9.17) is 10.2 Å². The van der Waals surface area contributed by atoms with Crippen LogP contribution in [0.2, 0.25) is 0 Å². The molecular weight excluding hydrogens is 445 g/mol. The molecule has 0 spiro atoms. The van der Waals surface area contributed by atoms with Crippen molar-refractivity contribution in [3.05, 3.63) is 64.9 Å². The lowest BCUT2D eigenvalue weighted by Crippen LogP contribution is -2.34. The van der Waals surface area contributed by atoms with E-state index in [0.29, 0.717) is 35.9 Å². The van der Waals surface area contributed by atoms with Gasteiger partial charge in [0.2, 0.25) is 0 Å². The van der Waals surface area contributed by atoms with Gasteiger partial charge in [-0.15, -0.1) is 0 Å². The van der Waals surface area contributed by atoms with Gasteiger partial charge < -0.3 is 10.2 Å². The maximum Gasteiger partial charge on any atom is 0.274 e. The average molecular weight is 472 g/mol. The number of carbonyl (C=O) groups is 1. The molecule has 1 saturated heterocycles. The molecule has 1 aliphatic heterocycles. The van der Waals surface area contributed by atoms with Crippen LogP contribution in [0, 0.1) is 31.0 Å². The van der Waals surface area contributed by atoms with Crippen molar-refractivity contribution in [2.75, 3.05) is 20.1 Å². The molecule has 5 rings (SSSR count). The van der Waals surface area contributed by atoms with Crippen LogP contribution in [0.1, 0.15) is 33.9 Å². The summed E-state index contributed by atoms with van der Waals surface area (Å²) in [5.74, 6) is -0.326. The molecule has 178 valence electrons. The minimum atomic E-state index is -0.625. The molecule has 3 heterocycles. The molecule has 0 saturated carbocycles. The molecule has 1 N–H and O–H groups in total. The van der Waals surface area contributed by atoms with Crippen molar-refractivity contribution in [2.45, 2.75) is 26.3 Å². The van der Waals surface area contributed by atoms with Gasteiger partial charge in [0.25, 0.3) is 5.91 Å². The number of aromatic nitrogens is 4. The number of carbonyl (C=O) groups excluding carboxylic acids is 1. The number of nitriles is 1. The lowest BCUT2D eigenvalue weighted by Gasteiger charge is -2.16. The highest BCUT2D eigenvalue weighted by molar-refractivity contribution is 5.95. The van der Waals surface area contributed by atoms with Crippen molar-refractivity contribution < 1.29 is 9.18 Å². The average Bonchev–Trinajstić information content (AvgIpc) is 3.55. The number of nitrogens with one attached hydrogen (secondary N) is 1. The van der Waals surface area contributed by atoms with E-state index in [2.05, 4.69) is 10.4 Å². The molecule has 1 atom stereocenters. The number of likely N-dealkylation sites (tertiary alicyclic amines) is 1. The predicted octanol–water partition coefficient (Wildman–Crippen LogP) is 3.49. The second-order valence-corrected chi connectivity index (χ2v) is 8.95. The van der Waals surface area contributed by atoms with E-state index in [1.807, 2.05) is 61.5 Å². The topological polar surface area (TPSA) is 91.8 Å². The first-order chi connectivity index (χ1) is 16.8. The summed E-state index contributed by atoms with van der Waals surface area (Å²) in [7, 11) is 3.79. The summed E-state index contributed by atoms with van der Waals surface area (Å²) in [4.78, 5) is 20.0. The van der Waals surface area contributed by atoms with Crippen LogP contribution >= 0.6 is 0 Å². The standard InChI is InChI=1S/C26H26FN7O/c1-15-21-12-20(7-8-23(21)31-32(15)4)34-16(2)24(26(35)33-10-9-19(14-33)29-3)30-25(34)17-5-6-18(13-28)22(27)11-17/h5-8,11-12,19,29H,9-10,14H2,1-4H3/t19-/m0/s1. The zero-order chi connectivity index (χ0) is 24.9. The highest BCUT2D eigenvalue weighted by Gasteiger charge is 2.30. The Morgan fingerprint density at radius 3 is 2.69 bits per heavy atom. The Balaban J connectivity index is 1.69. The molecule has 0 bridgehead atoms. The van der Waals surface area contributed by atoms with Crippen LogP contribution in [-0.4, -0.2) is 56.3 Å². The molecule has 9 heteroatoms. The van der Waals surface area contributed by atoms with E-state index in [1.165, 1.54) is 12.1 Å². The molecular formula is C26H26FN7O. The Morgan fingerprint density at radius 2 is 2.00 bits per heavy atom. The number of fused-ring (bicyclic) bond motifs is 1. The zero-order valence-corrected chi connectivity index (χ0v) is 20.1. The fraction of sp³-hybridized carbons (Fsp3) is 0.308. The Bertz CT molecular complexity index is 1510. The number of benzene rings is 2. The van der Waals surface area contributed by atoms with E-state index >= 15 is 0 Å². The maximum absolute atomic E-state index is 14.6. The second-order valence-electron chi connectivity index (χ2n) is 8.95. The first-order valence-electron chi connectivity index (χ1n) is 11.5. The third kappa shape index (κ3) is 3.76. The van der Waals surface area contributed by atoms with E-state index in [-0.39, 0.29) is 17.5 Å². The highest BCUT2D eigenvalue weighted by atomic mass is 19.1. The van der Waals surface area contributed by atoms with Crippen LogP contribution in [0.5, 0.6) is 0 Å². The summed E-state index contributed by atoms with van der Waals surface area (Å²) >= 11 is 0. The number of imidazole rings is 1. The fourth-order valence-corrected chi connectivity index (χ4v) is 4.74. The monoisotopic (exact) mass is 471 g/mol. The van der Waals surface area contributed by atoms with E-state index < -0.39 is 5.82 Å². The van der Waals surface area contributed by atoms with Crippen LogP contribution in [0.3, 0.4) is 0 Å². The van der Waals surface area contributed by atoms with Crippen LogP contribution in [-0.2, 0) is 7.05 Å². The van der Waals surface area contributed by atoms with Crippen LogP contribution in [0.25, 0.3) is 28.0 Å². The van der Waals surface area contributed by atoms with Crippen LogP contribution in [0.4, 0.5) is 4.39 Å². The summed E-state index contributed by atoms with van der Waals surface area (Å²) in [6.07, 6.45) is 0.882. The number of hydrogen-bond acceptors (Lipinski definition) is 5. The van der Waals surface area contributed by atoms with Gasteiger partial charge in [-0.25, -0.2) is 9.37 Å². The fourth-order valence-electron chi connectivity index (χ4n) is 4.74. The molecule has 0 unspecified atom stereocenters. The first kappa shape index (κ1) is 22.7. The summed E-state index contributed by atoms with van der Waals surface area (Å²) in [5, 5.41) is 17.9. The first-order valence-corrected chi connectivity index (χ1v) is 11.5. The van der Waals surface area contributed by atoms with Crippen molar-refractivity contribution in [1.82, 2.24) is 29.5 Å². The van der Waals surface area contributed by atoms with E-state index in [1.54, 1.807) is 11.0 Å². The van der Waals surface area contributed by atoms with Crippen molar-refractivity contribution in [3.8, 4) is 23.1 Å². The lowest BCUT2D eigenvalue weighted by molar-refractivity contribution is 0.0783. The van der Waals surface area contributed by atoms with Crippen molar-refractivity contribution in [3.63, 3.8) is 0 Å². The Kier molecular flexibility index (Phi) is 5.61. The van der Waals surface area contributed by atoms with Crippen molar-refractivity contribution in [2.24, 2.45) is 7.05 Å². The van der Waals surface area contributed by atoms with Gasteiger partial charge in [-0.1, -0.05) is 0 Å². The predicted molar refractivity (Wildman–Crippen MR) is 131 cm³/mol. The molecule has 2 aromatic carbocycles. The van der Waals surface area contributed by atoms with Crippen LogP contribution in [0.15, 0.2) is 36.4 Å². The molecule has 1 amide bonds. The van der Waals surface area contributed by atoms with Crippen molar-refractivity contribution >= 4 is 16.8 Å². The largest absolute Gasteiger partial charge is 0.336 e. The van der Waals surface area contributed by atoms with Gasteiger partial charge in [0.05, 0.1) is 16.8 Å². The number of nitrogens with zero attached hydrogens (tertiary/aromatic N) is 6. The van der Waals surface area contributed by atoms with Crippen LogP contribution < -0.4 is 5.32 Å². The van der Waals surface area contributed by atoms with Gasteiger partial charge in [0.15, 0.2) is 0 Å². The Hall–Kier alpha value is -4.03. The molecule has 35 heavy (non-hydrogen) atoms. The normalized spacial score (nSPS) is 15.7. The third-order valence-electron chi connectivity index (χ3n) is 6.91. The summed E-state index contributed by atoms with van der Waals surface area (Å²) in [5.41, 5.74) is 4.13. The SMILES string of the molecule is CN[C@H]1CCN(C(=O)c2nc(-c3ccc(C#N)c(F)c3)n(-c3ccc4nn(C)c(C)c4c3)c2C)C1. The summed E-state index contributed by atoms with van der Waals surface area (Å²) in [6.45, 7) is 5.12. The van der Waals surface area contributed by atoms with E-state index in [9.17, 15) is 9.18 Å². The summed E-state index contributed by atoms with van der Waals surface area (Å²) < 4.78 is 18.3. The van der Waals surface area contributed by atoms with E-state index in [0.717, 1.165) is 28.7 Å². The number of aryl methyl sites for hydroxylation is 2. The number of halogens is 1. The van der Waals surface area contributed by atoms with Gasteiger partial charge in [0.1, 0.15) is 23.4 Å². The smallest absolute Gasteiger partial charge is 0.274 e. The van der Waals surface area contributed by atoms with Gasteiger partial charge in [0, 0.05) is 48.5 Å². The van der Waals surface area contributed by atoms with Gasteiger partial charge >= 0.3 is 0 Å². The zero-order valence-electron chi connectivity index (χ0n) is 20.1. The molecule has 1 aliphatic rings. The summed E-state index contributed by atoms with van der Waals surface area (Å²) in [6, 6.07) is 12.4. The highest BCUT2D eigenvalue weighted by Crippen LogP contribution is 2.31. The molecule has 1 fully saturated rings. The molecule has 4 aromatic rings. The number of amides is 1. The number of likely N-dealkylation sites (N-methyl/N-ethyl adjacent to an activating group) is 1. The molecule has 2 aromatic heterocycles. The molecule has 8 nitrogen and oxygen atoms in total. The number of hydrogen-bond donors (Lipinski definition) is 1. The van der Waals surface area contributed by atoms with Gasteiger partial charge in [-0.05, 0) is 63.7 Å². The minimum absolute atomic E-state index is 0.0394. The minimum Gasteiger partial charge on any atom is -0.336 e. The third-order valence-corrected chi connectivity index (χ3v) is 6.91. The maximum atomic E-state index is 14.6. The molecule has 0 radical (unpaired) electrons. The van der Waals surface area contributed by atoms with Gasteiger partial charge in [-0.2, -0.15) is 10.4 Å². The van der Waals surface area contributed by atoms with Crippen molar-refractivity contribution in [1.29, 1.82) is 5.26 Å². The van der Waals surface area contributed by atoms with Gasteiger partial charge in [-0.3, -0.25) is 14.0 Å². The number of rotatable bonds is 4. The Labute approximate surface area is 202 Å². The molecule has 0 aliphatic carbocycles. The Morgan fingerprint density at radius 1 is 1.20 bits per heavy atom. The second kappa shape index (κ2) is 8.64. The quantitative estimate of drug-likeness (QED) is 0.492. The lowest BCUT2D eigenvalue weighted by atomic mass is 10.1.